The van der Waals surface area contributed by atoms with Crippen molar-refractivity contribution in [3.63, 3.8) is 0 Å². The second-order valence-corrected chi connectivity index (χ2v) is 9.79. The molecule has 4 rings (SSSR count). The lowest BCUT2D eigenvalue weighted by molar-refractivity contribution is -0.384. The summed E-state index contributed by atoms with van der Waals surface area (Å²) in [6.07, 6.45) is 0.0615. The molecule has 1 unspecified atom stereocenters. The van der Waals surface area contributed by atoms with Crippen LogP contribution in [0.5, 0.6) is 0 Å². The molecule has 0 aliphatic carbocycles. The predicted molar refractivity (Wildman–Crippen MR) is 116 cm³/mol. The average molecular weight is 492 g/mol. The zero-order valence-corrected chi connectivity index (χ0v) is 18.5. The molecule has 33 heavy (non-hydrogen) atoms. The molecular weight excluding hydrogens is 474 g/mol. The fourth-order valence-corrected chi connectivity index (χ4v) is 5.69. The van der Waals surface area contributed by atoms with Crippen molar-refractivity contribution in [2.75, 3.05) is 5.75 Å². The van der Waals surface area contributed by atoms with Gasteiger partial charge in [-0.3, -0.25) is 28.8 Å². The van der Waals surface area contributed by atoms with E-state index < -0.39 is 56.4 Å². The molecule has 1 aromatic carbocycles. The van der Waals surface area contributed by atoms with Crippen LogP contribution in [0.2, 0.25) is 0 Å². The Balaban J connectivity index is 1.42. The number of β-lactam (4-membered cyclic amide) rings is 1. The average Bonchev–Trinajstić information content (AvgIpc) is 3.28. The molecule has 3 atom stereocenters. The maximum Gasteiger partial charge on any atom is 0.358 e. The van der Waals surface area contributed by atoms with Crippen molar-refractivity contribution in [2.45, 2.75) is 24.4 Å². The highest BCUT2D eigenvalue weighted by atomic mass is 32.2. The van der Waals surface area contributed by atoms with Crippen molar-refractivity contribution >= 4 is 45.6 Å². The normalized spacial score (nSPS) is 21.8. The summed E-state index contributed by atoms with van der Waals surface area (Å²) in [4.78, 5) is 49.4. The lowest BCUT2D eigenvalue weighted by Crippen LogP contribution is -2.73. The van der Waals surface area contributed by atoms with E-state index in [0.29, 0.717) is 5.56 Å². The molecule has 2 N–H and O–H groups in total. The molecule has 172 valence electrons. The first-order valence-corrected chi connectivity index (χ1v) is 11.9. The molecule has 0 spiro atoms. The fraction of sp³-hybridized carbons (Fsp3) is 0.250. The minimum absolute atomic E-state index is 0.0615. The Labute approximate surface area is 193 Å². The third-order valence-electron chi connectivity index (χ3n) is 5.05. The molecule has 1 fully saturated rings. The number of nitrogens with one attached hydrogen (secondary N) is 1. The van der Waals surface area contributed by atoms with Gasteiger partial charge in [0.2, 0.25) is 5.91 Å². The molecule has 2 amide bonds. The van der Waals surface area contributed by atoms with Gasteiger partial charge in [-0.1, -0.05) is 6.07 Å². The zero-order chi connectivity index (χ0) is 23.7. The minimum Gasteiger partial charge on any atom is -0.509 e. The molecule has 13 heteroatoms. The molecule has 2 aromatic rings. The highest BCUT2D eigenvalue weighted by Gasteiger charge is 2.57. The molecule has 0 bridgehead atoms. The summed E-state index contributed by atoms with van der Waals surface area (Å²) in [6.45, 7) is -0.260. The monoisotopic (exact) mass is 491 g/mol. The maximum atomic E-state index is 12.7. The van der Waals surface area contributed by atoms with Crippen LogP contribution < -0.4 is 5.32 Å². The van der Waals surface area contributed by atoms with Gasteiger partial charge in [-0.05, 0) is 29.1 Å². The summed E-state index contributed by atoms with van der Waals surface area (Å²) < 4.78 is 17.7. The van der Waals surface area contributed by atoms with E-state index in [0.717, 1.165) is 9.78 Å². The van der Waals surface area contributed by atoms with Crippen LogP contribution in [0.4, 0.5) is 5.69 Å². The molecule has 1 aromatic heterocycles. The van der Waals surface area contributed by atoms with Crippen LogP contribution in [0.1, 0.15) is 10.4 Å². The first-order chi connectivity index (χ1) is 15.8. The van der Waals surface area contributed by atoms with Crippen LogP contribution in [-0.2, 0) is 42.9 Å². The van der Waals surface area contributed by atoms with Gasteiger partial charge in [-0.25, -0.2) is 4.79 Å². The molecule has 0 saturated carbocycles. The maximum absolute atomic E-state index is 12.7. The Morgan fingerprint density at radius 3 is 2.67 bits per heavy atom. The predicted octanol–water partition coefficient (Wildman–Crippen LogP) is 1.13. The third-order valence-corrected chi connectivity index (χ3v) is 7.50. The second kappa shape index (κ2) is 9.11. The van der Waals surface area contributed by atoms with E-state index in [2.05, 4.69) is 5.32 Å². The van der Waals surface area contributed by atoms with Crippen molar-refractivity contribution < 1.29 is 33.4 Å². The van der Waals surface area contributed by atoms with Crippen LogP contribution in [0.25, 0.3) is 0 Å². The van der Waals surface area contributed by atoms with E-state index in [1.807, 2.05) is 5.38 Å². The number of nitro benzene ring substituents is 1. The SMILES string of the molecule is O=C(Cc1cccs1)N[C@@H]1C(=O)N2C(C(=O)OCc3ccc([N+](=O)[O-])cc3)=C(O)CS(=O)[C@@H]12. The summed E-state index contributed by atoms with van der Waals surface area (Å²) in [7, 11) is -1.74. The number of carbonyl (C=O) groups excluding carboxylic acids is 3. The van der Waals surface area contributed by atoms with Gasteiger partial charge in [0.15, 0.2) is 5.70 Å². The molecule has 11 nitrogen and oxygen atoms in total. The molecule has 2 aliphatic heterocycles. The molecule has 2 aliphatic rings. The van der Waals surface area contributed by atoms with Gasteiger partial charge in [0.05, 0.1) is 27.9 Å². The third kappa shape index (κ3) is 4.50. The van der Waals surface area contributed by atoms with Crippen LogP contribution in [0.15, 0.2) is 53.2 Å². The van der Waals surface area contributed by atoms with Crippen molar-refractivity contribution in [3.05, 3.63) is 73.8 Å². The minimum atomic E-state index is -1.74. The Bertz CT molecular complexity index is 1180. The van der Waals surface area contributed by atoms with E-state index >= 15 is 0 Å². The van der Waals surface area contributed by atoms with Crippen molar-refractivity contribution in [2.24, 2.45) is 0 Å². The van der Waals surface area contributed by atoms with Crippen molar-refractivity contribution in [3.8, 4) is 0 Å². The molecule has 1 saturated heterocycles. The number of benzene rings is 1. The number of rotatable bonds is 7. The lowest BCUT2D eigenvalue weighted by Gasteiger charge is -2.48. The first-order valence-electron chi connectivity index (χ1n) is 9.61. The van der Waals surface area contributed by atoms with Crippen LogP contribution in [0, 0.1) is 10.1 Å². The molecule has 0 radical (unpaired) electrons. The van der Waals surface area contributed by atoms with Gasteiger partial charge in [0.25, 0.3) is 11.6 Å². The number of fused-ring (bicyclic) bond motifs is 1. The summed E-state index contributed by atoms with van der Waals surface area (Å²) in [5.41, 5.74) is -0.0877. The number of non-ortho nitro benzene ring substituents is 1. The highest BCUT2D eigenvalue weighted by molar-refractivity contribution is 7.86. The Morgan fingerprint density at radius 2 is 2.03 bits per heavy atom. The quantitative estimate of drug-likeness (QED) is 0.253. The Hall–Kier alpha value is -3.58. The number of nitro groups is 1. The van der Waals surface area contributed by atoms with Crippen molar-refractivity contribution in [1.82, 2.24) is 10.2 Å². The highest BCUT2D eigenvalue weighted by Crippen LogP contribution is 2.34. The lowest BCUT2D eigenvalue weighted by atomic mass is 10.0. The van der Waals surface area contributed by atoms with Crippen LogP contribution >= 0.6 is 11.3 Å². The zero-order valence-electron chi connectivity index (χ0n) is 16.8. The number of hydrogen-bond acceptors (Lipinski definition) is 9. The van der Waals surface area contributed by atoms with E-state index in [9.17, 15) is 33.8 Å². The van der Waals surface area contributed by atoms with Gasteiger partial charge in [-0.2, -0.15) is 0 Å². The number of thiophene rings is 1. The smallest absolute Gasteiger partial charge is 0.358 e. The molecular formula is C20H17N3O8S2. The second-order valence-electron chi connectivity index (χ2n) is 7.22. The number of aliphatic hydroxyl groups is 1. The fourth-order valence-electron chi connectivity index (χ4n) is 3.47. The van der Waals surface area contributed by atoms with Gasteiger partial charge in [-0.15, -0.1) is 11.3 Å². The van der Waals surface area contributed by atoms with E-state index in [1.165, 1.54) is 35.6 Å². The van der Waals surface area contributed by atoms with Crippen molar-refractivity contribution in [1.29, 1.82) is 0 Å². The number of amides is 2. The summed E-state index contributed by atoms with van der Waals surface area (Å²) in [6, 6.07) is 7.81. The topological polar surface area (TPSA) is 156 Å². The number of carbonyl (C=O) groups is 3. The molecule has 3 heterocycles. The van der Waals surface area contributed by atoms with Gasteiger partial charge < -0.3 is 15.2 Å². The number of aliphatic hydroxyl groups excluding tert-OH is 1. The Kier molecular flexibility index (Phi) is 6.24. The van der Waals surface area contributed by atoms with Gasteiger partial charge in [0, 0.05) is 17.0 Å². The number of nitrogens with zero attached hydrogens (tertiary/aromatic N) is 2. The van der Waals surface area contributed by atoms with Gasteiger partial charge in [0.1, 0.15) is 23.8 Å². The number of ether oxygens (including phenoxy) is 1. The summed E-state index contributed by atoms with van der Waals surface area (Å²) in [5, 5.41) is 24.3. The van der Waals surface area contributed by atoms with Crippen LogP contribution in [-0.4, -0.2) is 54.1 Å². The van der Waals surface area contributed by atoms with E-state index in [-0.39, 0.29) is 24.5 Å². The van der Waals surface area contributed by atoms with E-state index in [4.69, 9.17) is 4.74 Å². The largest absolute Gasteiger partial charge is 0.509 e. The van der Waals surface area contributed by atoms with Crippen LogP contribution in [0.3, 0.4) is 0 Å². The number of hydrogen-bond donors (Lipinski definition) is 2. The van der Waals surface area contributed by atoms with Gasteiger partial charge >= 0.3 is 5.97 Å². The Morgan fingerprint density at radius 1 is 1.30 bits per heavy atom. The standard InChI is InChI=1S/C20H17N3O8S2/c24-14-10-33(30)19-16(21-15(25)8-13-2-1-7-32-13)18(26)22(19)17(14)20(27)31-9-11-3-5-12(6-4-11)23(28)29/h1-7,16,19,24H,8-10H2,(H,21,25)/t16-,19+,33?/m1/s1. The van der Waals surface area contributed by atoms with E-state index in [1.54, 1.807) is 12.1 Å². The number of esters is 1. The summed E-state index contributed by atoms with van der Waals surface area (Å²) >= 11 is 1.39. The first kappa shape index (κ1) is 22.6. The summed E-state index contributed by atoms with van der Waals surface area (Å²) in [5.74, 6) is -3.03.